The van der Waals surface area contributed by atoms with Crippen molar-refractivity contribution in [2.75, 3.05) is 0 Å². The van der Waals surface area contributed by atoms with E-state index < -0.39 is 6.43 Å². The van der Waals surface area contributed by atoms with E-state index in [9.17, 15) is 13.9 Å². The molecule has 0 aliphatic heterocycles. The fourth-order valence-electron chi connectivity index (χ4n) is 2.65. The van der Waals surface area contributed by atoms with Crippen molar-refractivity contribution in [1.82, 2.24) is 24.3 Å². The maximum absolute atomic E-state index is 12.9. The summed E-state index contributed by atoms with van der Waals surface area (Å²) < 4.78 is 27.4. The van der Waals surface area contributed by atoms with Gasteiger partial charge in [-0.25, -0.2) is 28.7 Å². The van der Waals surface area contributed by atoms with Gasteiger partial charge in [-0.15, -0.1) is 0 Å². The zero-order valence-corrected chi connectivity index (χ0v) is 13.4. The lowest BCUT2D eigenvalue weighted by Gasteiger charge is -2.06. The van der Waals surface area contributed by atoms with Crippen molar-refractivity contribution in [3.8, 4) is 22.8 Å². The van der Waals surface area contributed by atoms with Crippen molar-refractivity contribution in [1.29, 1.82) is 0 Å². The summed E-state index contributed by atoms with van der Waals surface area (Å²) in [6.07, 6.45) is 2.97. The van der Waals surface area contributed by atoms with Gasteiger partial charge in [0, 0.05) is 18.0 Å². The number of hydrogen-bond acceptors (Lipinski definition) is 5. The standard InChI is InChI=1S/C18H13F2N5O/c19-17(20)14-9-25-15(7-23-16(25)8-22-14)18-21-5-4-13(24-18)12-3-1-2-11(6-12)10-26/h1-9,17,26H,10H2. The molecule has 3 heterocycles. The molecular formula is C18H13F2N5O. The van der Waals surface area contributed by atoms with Crippen LogP contribution in [0.5, 0.6) is 0 Å². The highest BCUT2D eigenvalue weighted by Gasteiger charge is 2.14. The number of hydrogen-bond donors (Lipinski definition) is 1. The highest BCUT2D eigenvalue weighted by atomic mass is 19.3. The number of alkyl halides is 2. The maximum atomic E-state index is 12.9. The lowest BCUT2D eigenvalue weighted by atomic mass is 10.1. The fraction of sp³-hybridized carbons (Fsp3) is 0.111. The zero-order valence-electron chi connectivity index (χ0n) is 13.4. The van der Waals surface area contributed by atoms with Crippen molar-refractivity contribution >= 4 is 5.65 Å². The van der Waals surface area contributed by atoms with E-state index in [4.69, 9.17) is 0 Å². The fourth-order valence-corrected chi connectivity index (χ4v) is 2.65. The van der Waals surface area contributed by atoms with Crippen LogP contribution in [-0.2, 0) is 6.61 Å². The van der Waals surface area contributed by atoms with E-state index in [1.807, 2.05) is 24.3 Å². The third-order valence-electron chi connectivity index (χ3n) is 3.93. The molecule has 0 unspecified atom stereocenters. The molecule has 0 fully saturated rings. The van der Waals surface area contributed by atoms with Crippen LogP contribution in [-0.4, -0.2) is 29.4 Å². The summed E-state index contributed by atoms with van der Waals surface area (Å²) in [5.41, 5.74) is 2.83. The van der Waals surface area contributed by atoms with Crippen molar-refractivity contribution in [3.05, 3.63) is 66.4 Å². The second kappa shape index (κ2) is 6.57. The first-order chi connectivity index (χ1) is 12.7. The first-order valence-corrected chi connectivity index (χ1v) is 7.80. The molecule has 26 heavy (non-hydrogen) atoms. The van der Waals surface area contributed by atoms with Gasteiger partial charge in [-0.1, -0.05) is 18.2 Å². The smallest absolute Gasteiger partial charge is 0.281 e. The molecule has 1 aromatic carbocycles. The van der Waals surface area contributed by atoms with Crippen LogP contribution < -0.4 is 0 Å². The Morgan fingerprint density at radius 3 is 2.77 bits per heavy atom. The monoisotopic (exact) mass is 353 g/mol. The van der Waals surface area contributed by atoms with Crippen molar-refractivity contribution in [3.63, 3.8) is 0 Å². The topological polar surface area (TPSA) is 76.2 Å². The first-order valence-electron chi connectivity index (χ1n) is 7.80. The van der Waals surface area contributed by atoms with Crippen LogP contribution in [0.1, 0.15) is 17.7 Å². The summed E-state index contributed by atoms with van der Waals surface area (Å²) in [4.78, 5) is 16.6. The van der Waals surface area contributed by atoms with Gasteiger partial charge >= 0.3 is 0 Å². The van der Waals surface area contributed by atoms with Crippen LogP contribution in [0.4, 0.5) is 8.78 Å². The number of halogens is 2. The minimum Gasteiger partial charge on any atom is -0.392 e. The molecule has 0 saturated carbocycles. The van der Waals surface area contributed by atoms with E-state index in [2.05, 4.69) is 19.9 Å². The Balaban J connectivity index is 1.81. The van der Waals surface area contributed by atoms with E-state index in [1.54, 1.807) is 12.3 Å². The zero-order chi connectivity index (χ0) is 18.1. The Kier molecular flexibility index (Phi) is 4.10. The third-order valence-corrected chi connectivity index (χ3v) is 3.93. The van der Waals surface area contributed by atoms with Gasteiger partial charge in [0.05, 0.1) is 24.7 Å². The molecule has 3 aromatic heterocycles. The molecule has 0 aliphatic carbocycles. The van der Waals surface area contributed by atoms with Crippen LogP contribution in [0.3, 0.4) is 0 Å². The Bertz CT molecular complexity index is 1080. The summed E-state index contributed by atoms with van der Waals surface area (Å²) >= 11 is 0. The van der Waals surface area contributed by atoms with Gasteiger partial charge in [-0.05, 0) is 17.7 Å². The molecule has 6 nitrogen and oxygen atoms in total. The number of fused-ring (bicyclic) bond motifs is 1. The highest BCUT2D eigenvalue weighted by molar-refractivity contribution is 5.64. The van der Waals surface area contributed by atoms with Crippen LogP contribution in [0.2, 0.25) is 0 Å². The van der Waals surface area contributed by atoms with Crippen LogP contribution >= 0.6 is 0 Å². The van der Waals surface area contributed by atoms with E-state index in [0.717, 1.165) is 11.1 Å². The van der Waals surface area contributed by atoms with E-state index in [0.29, 0.717) is 22.9 Å². The van der Waals surface area contributed by atoms with Gasteiger partial charge in [0.2, 0.25) is 0 Å². The van der Waals surface area contributed by atoms with Crippen LogP contribution in [0.15, 0.2) is 55.1 Å². The molecule has 130 valence electrons. The first kappa shape index (κ1) is 16.2. The summed E-state index contributed by atoms with van der Waals surface area (Å²) in [6.45, 7) is -0.0670. The largest absolute Gasteiger partial charge is 0.392 e. The molecule has 0 radical (unpaired) electrons. The van der Waals surface area contributed by atoms with E-state index in [-0.39, 0.29) is 12.3 Å². The van der Waals surface area contributed by atoms with E-state index in [1.165, 1.54) is 23.0 Å². The predicted molar refractivity (Wildman–Crippen MR) is 90.3 cm³/mol. The molecule has 8 heteroatoms. The summed E-state index contributed by atoms with van der Waals surface area (Å²) in [5, 5.41) is 9.29. The number of imidazole rings is 1. The number of aliphatic hydroxyl groups excluding tert-OH is 1. The summed E-state index contributed by atoms with van der Waals surface area (Å²) in [7, 11) is 0. The van der Waals surface area contributed by atoms with Gasteiger partial charge in [-0.3, -0.25) is 4.40 Å². The lowest BCUT2D eigenvalue weighted by molar-refractivity contribution is 0.145. The van der Waals surface area contributed by atoms with Crippen molar-refractivity contribution in [2.45, 2.75) is 13.0 Å². The quantitative estimate of drug-likeness (QED) is 0.609. The molecule has 0 spiro atoms. The van der Waals surface area contributed by atoms with Crippen LogP contribution in [0, 0.1) is 0 Å². The second-order valence-electron chi connectivity index (χ2n) is 5.61. The second-order valence-corrected chi connectivity index (χ2v) is 5.61. The third kappa shape index (κ3) is 2.91. The molecular weight excluding hydrogens is 340 g/mol. The average Bonchev–Trinajstić information content (AvgIpc) is 3.11. The Morgan fingerprint density at radius 1 is 1.08 bits per heavy atom. The maximum Gasteiger partial charge on any atom is 0.281 e. The number of aromatic nitrogens is 5. The Labute approximate surface area is 146 Å². The highest BCUT2D eigenvalue weighted by Crippen LogP contribution is 2.24. The Hall–Kier alpha value is -3.26. The van der Waals surface area contributed by atoms with Gasteiger partial charge in [0.15, 0.2) is 11.5 Å². The molecule has 1 N–H and O–H groups in total. The lowest BCUT2D eigenvalue weighted by Crippen LogP contribution is -1.99. The predicted octanol–water partition coefficient (Wildman–Crippen LogP) is 3.28. The minimum absolute atomic E-state index is 0.0670. The molecule has 0 aliphatic rings. The molecule has 0 bridgehead atoms. The van der Waals surface area contributed by atoms with Crippen molar-refractivity contribution < 1.29 is 13.9 Å². The summed E-state index contributed by atoms with van der Waals surface area (Å²) in [6, 6.07) is 9.10. The molecule has 0 saturated heterocycles. The molecule has 4 aromatic rings. The SMILES string of the molecule is OCc1cccc(-c2ccnc(-c3cnc4cnc(C(F)F)cn34)n2)c1. The normalized spacial score (nSPS) is 11.4. The van der Waals surface area contributed by atoms with Crippen molar-refractivity contribution in [2.24, 2.45) is 0 Å². The number of benzene rings is 1. The summed E-state index contributed by atoms with van der Waals surface area (Å²) in [5.74, 6) is 0.357. The Morgan fingerprint density at radius 2 is 1.96 bits per heavy atom. The van der Waals surface area contributed by atoms with E-state index >= 15 is 0 Å². The minimum atomic E-state index is -2.68. The number of aliphatic hydroxyl groups is 1. The molecule has 4 rings (SSSR count). The number of nitrogens with zero attached hydrogens (tertiary/aromatic N) is 5. The van der Waals surface area contributed by atoms with Gasteiger partial charge in [0.25, 0.3) is 6.43 Å². The van der Waals surface area contributed by atoms with Crippen LogP contribution in [0.25, 0.3) is 28.4 Å². The van der Waals surface area contributed by atoms with Gasteiger partial charge in [0.1, 0.15) is 11.4 Å². The molecule has 0 amide bonds. The molecule has 0 atom stereocenters. The number of rotatable bonds is 4. The average molecular weight is 353 g/mol. The van der Waals surface area contributed by atoms with Gasteiger partial charge in [-0.2, -0.15) is 0 Å². The van der Waals surface area contributed by atoms with Gasteiger partial charge < -0.3 is 5.11 Å².